The fraction of sp³-hybridized carbons (Fsp3) is 0.400. The minimum absolute atomic E-state index is 0.244. The summed E-state index contributed by atoms with van der Waals surface area (Å²) in [6, 6.07) is 7.28. The molecule has 112 valence electrons. The predicted octanol–water partition coefficient (Wildman–Crippen LogP) is 3.49. The number of hydrogen-bond donors (Lipinski definition) is 0. The molecule has 1 aliphatic carbocycles. The Kier molecular flexibility index (Phi) is 3.71. The van der Waals surface area contributed by atoms with E-state index < -0.39 is 9.73 Å². The van der Waals surface area contributed by atoms with E-state index in [-0.39, 0.29) is 6.61 Å². The van der Waals surface area contributed by atoms with Gasteiger partial charge in [0, 0.05) is 28.2 Å². The third-order valence-electron chi connectivity index (χ3n) is 3.09. The highest BCUT2D eigenvalue weighted by atomic mass is 32.2. The van der Waals surface area contributed by atoms with Crippen molar-refractivity contribution in [3.63, 3.8) is 0 Å². The van der Waals surface area contributed by atoms with Crippen molar-refractivity contribution in [3.05, 3.63) is 42.1 Å². The number of nitrogens with zero attached hydrogens (tertiary/aromatic N) is 2. The molecule has 1 saturated carbocycles. The van der Waals surface area contributed by atoms with Gasteiger partial charge in [0.15, 0.2) is 6.61 Å². The van der Waals surface area contributed by atoms with Gasteiger partial charge in [0.2, 0.25) is 5.89 Å². The molecular weight excluding hydrogens is 288 g/mol. The summed E-state index contributed by atoms with van der Waals surface area (Å²) in [6.45, 7) is 0.244. The summed E-state index contributed by atoms with van der Waals surface area (Å²) in [5.41, 5.74) is 0.585. The number of rotatable bonds is 5. The molecule has 1 aliphatic rings. The van der Waals surface area contributed by atoms with Crippen molar-refractivity contribution in [3.8, 4) is 5.75 Å². The lowest BCUT2D eigenvalue weighted by molar-refractivity contribution is 0.260. The molecule has 0 spiro atoms. The molecule has 1 fully saturated rings. The van der Waals surface area contributed by atoms with Gasteiger partial charge >= 0.3 is 0 Å². The van der Waals surface area contributed by atoms with E-state index in [0.717, 1.165) is 5.76 Å². The van der Waals surface area contributed by atoms with Crippen LogP contribution in [0.4, 0.5) is 5.69 Å². The first-order valence-corrected chi connectivity index (χ1v) is 9.18. The minimum Gasteiger partial charge on any atom is -0.482 e. The van der Waals surface area contributed by atoms with E-state index in [1.54, 1.807) is 30.8 Å². The summed E-state index contributed by atoms with van der Waals surface area (Å²) in [6.07, 6.45) is 7.33. The van der Waals surface area contributed by atoms with E-state index in [9.17, 15) is 4.21 Å². The summed E-state index contributed by atoms with van der Waals surface area (Å²) >= 11 is 0. The molecule has 6 heteroatoms. The predicted molar refractivity (Wildman–Crippen MR) is 81.3 cm³/mol. The van der Waals surface area contributed by atoms with Gasteiger partial charge in [-0.25, -0.2) is 9.19 Å². The van der Waals surface area contributed by atoms with E-state index in [1.165, 1.54) is 12.8 Å². The lowest BCUT2D eigenvalue weighted by Gasteiger charge is -2.07. The maximum Gasteiger partial charge on any atom is 0.232 e. The Balaban J connectivity index is 1.73. The van der Waals surface area contributed by atoms with Crippen molar-refractivity contribution in [2.45, 2.75) is 25.4 Å². The SMILES string of the molecule is CS(C)(=O)=Nc1ccccc1OCc1ncc(C2CC2)o1. The molecule has 0 unspecified atom stereocenters. The molecule has 1 aromatic heterocycles. The van der Waals surface area contributed by atoms with Crippen molar-refractivity contribution in [2.24, 2.45) is 4.36 Å². The van der Waals surface area contributed by atoms with Gasteiger partial charge < -0.3 is 9.15 Å². The van der Waals surface area contributed by atoms with Crippen LogP contribution in [0.5, 0.6) is 5.75 Å². The summed E-state index contributed by atoms with van der Waals surface area (Å²) in [5.74, 6) is 2.62. The first kappa shape index (κ1) is 14.1. The van der Waals surface area contributed by atoms with E-state index in [4.69, 9.17) is 9.15 Å². The van der Waals surface area contributed by atoms with Gasteiger partial charge in [-0.05, 0) is 25.0 Å². The number of para-hydroxylation sites is 1. The molecule has 1 aromatic carbocycles. The Hall–Kier alpha value is -1.82. The second-order valence-corrected chi connectivity index (χ2v) is 8.00. The lowest BCUT2D eigenvalue weighted by atomic mass is 10.3. The van der Waals surface area contributed by atoms with E-state index >= 15 is 0 Å². The van der Waals surface area contributed by atoms with Gasteiger partial charge in [0.1, 0.15) is 17.2 Å². The Morgan fingerprint density at radius 2 is 2.14 bits per heavy atom. The first-order valence-electron chi connectivity index (χ1n) is 6.85. The van der Waals surface area contributed by atoms with Crippen molar-refractivity contribution in [2.75, 3.05) is 12.5 Å². The fourth-order valence-electron chi connectivity index (χ4n) is 1.98. The van der Waals surface area contributed by atoms with Crippen LogP contribution in [0.15, 0.2) is 39.2 Å². The third kappa shape index (κ3) is 3.85. The van der Waals surface area contributed by atoms with Gasteiger partial charge in [-0.1, -0.05) is 12.1 Å². The van der Waals surface area contributed by atoms with Gasteiger partial charge in [-0.2, -0.15) is 4.36 Å². The highest BCUT2D eigenvalue weighted by Crippen LogP contribution is 2.40. The van der Waals surface area contributed by atoms with Crippen molar-refractivity contribution < 1.29 is 13.4 Å². The van der Waals surface area contributed by atoms with Crippen LogP contribution in [0, 0.1) is 0 Å². The zero-order valence-electron chi connectivity index (χ0n) is 12.1. The molecule has 0 bridgehead atoms. The smallest absolute Gasteiger partial charge is 0.232 e. The fourth-order valence-corrected chi connectivity index (χ4v) is 2.60. The Bertz CT molecular complexity index is 748. The maximum atomic E-state index is 11.8. The highest BCUT2D eigenvalue weighted by Gasteiger charge is 2.27. The van der Waals surface area contributed by atoms with Crippen LogP contribution in [0.25, 0.3) is 0 Å². The average molecular weight is 306 g/mol. The lowest BCUT2D eigenvalue weighted by Crippen LogP contribution is -1.96. The Morgan fingerprint density at radius 3 is 2.86 bits per heavy atom. The van der Waals surface area contributed by atoms with Crippen LogP contribution in [0.1, 0.15) is 30.4 Å². The van der Waals surface area contributed by atoms with Gasteiger partial charge in [0.25, 0.3) is 0 Å². The molecular formula is C15H18N2O3S. The van der Waals surface area contributed by atoms with Crippen molar-refractivity contribution in [1.82, 2.24) is 4.98 Å². The first-order chi connectivity index (χ1) is 10.0. The molecule has 5 nitrogen and oxygen atoms in total. The molecule has 21 heavy (non-hydrogen) atoms. The summed E-state index contributed by atoms with van der Waals surface area (Å²) < 4.78 is 27.4. The number of benzene rings is 1. The molecule has 0 saturated heterocycles. The summed E-state index contributed by atoms with van der Waals surface area (Å²) in [5, 5.41) is 0. The van der Waals surface area contributed by atoms with Gasteiger partial charge in [-0.3, -0.25) is 0 Å². The van der Waals surface area contributed by atoms with E-state index in [1.807, 2.05) is 12.1 Å². The van der Waals surface area contributed by atoms with E-state index in [2.05, 4.69) is 9.35 Å². The molecule has 3 rings (SSSR count). The maximum absolute atomic E-state index is 11.8. The van der Waals surface area contributed by atoms with Crippen molar-refractivity contribution >= 4 is 15.4 Å². The summed E-state index contributed by atoms with van der Waals surface area (Å²) in [7, 11) is -2.23. The average Bonchev–Trinajstić information content (AvgIpc) is 3.16. The molecule has 2 aromatic rings. The number of aromatic nitrogens is 1. The molecule has 1 heterocycles. The summed E-state index contributed by atoms with van der Waals surface area (Å²) in [4.78, 5) is 4.22. The van der Waals surface area contributed by atoms with Gasteiger partial charge in [-0.15, -0.1) is 0 Å². The number of hydrogen-bond acceptors (Lipinski definition) is 5. The van der Waals surface area contributed by atoms with Crippen LogP contribution in [-0.2, 0) is 16.3 Å². The van der Waals surface area contributed by atoms with Crippen LogP contribution in [0.2, 0.25) is 0 Å². The topological polar surface area (TPSA) is 64.7 Å². The monoisotopic (exact) mass is 306 g/mol. The third-order valence-corrected chi connectivity index (χ3v) is 3.72. The second-order valence-electron chi connectivity index (χ2n) is 5.46. The quantitative estimate of drug-likeness (QED) is 0.848. The van der Waals surface area contributed by atoms with Crippen LogP contribution < -0.4 is 4.74 Å². The normalized spacial score (nSPS) is 15.0. The highest BCUT2D eigenvalue weighted by molar-refractivity contribution is 7.92. The van der Waals surface area contributed by atoms with E-state index in [0.29, 0.717) is 23.2 Å². The molecule has 0 amide bonds. The molecule has 0 aliphatic heterocycles. The zero-order chi connectivity index (χ0) is 14.9. The Labute approximate surface area is 124 Å². The minimum atomic E-state index is -2.23. The number of ether oxygens (including phenoxy) is 1. The van der Waals surface area contributed by atoms with Crippen LogP contribution in [-0.4, -0.2) is 21.7 Å². The van der Waals surface area contributed by atoms with Crippen LogP contribution >= 0.6 is 0 Å². The standard InChI is InChI=1S/C15H18N2O3S/c1-21(2,18)17-12-5-3-4-6-13(12)19-10-15-16-9-14(20-15)11-7-8-11/h3-6,9,11H,7-8,10H2,1-2H3. The van der Waals surface area contributed by atoms with Crippen LogP contribution in [0.3, 0.4) is 0 Å². The molecule has 0 N–H and O–H groups in total. The zero-order valence-corrected chi connectivity index (χ0v) is 12.9. The number of oxazole rings is 1. The molecule has 0 atom stereocenters. The largest absolute Gasteiger partial charge is 0.482 e. The van der Waals surface area contributed by atoms with Gasteiger partial charge in [0.05, 0.1) is 6.20 Å². The van der Waals surface area contributed by atoms with Crippen molar-refractivity contribution in [1.29, 1.82) is 0 Å². The second kappa shape index (κ2) is 5.52. The Morgan fingerprint density at radius 1 is 1.38 bits per heavy atom. The molecule has 0 radical (unpaired) electrons.